The predicted octanol–water partition coefficient (Wildman–Crippen LogP) is 12.9. The van der Waals surface area contributed by atoms with Crippen LogP contribution in [0.5, 0.6) is 11.5 Å². The second-order valence-corrected chi connectivity index (χ2v) is 20.7. The molecule has 3 heteroatoms. The van der Waals surface area contributed by atoms with Crippen molar-refractivity contribution in [2.24, 2.45) is 0 Å². The van der Waals surface area contributed by atoms with Gasteiger partial charge in [-0.05, 0) is 87.9 Å². The molecule has 0 fully saturated rings. The van der Waals surface area contributed by atoms with Gasteiger partial charge in [0.15, 0.2) is 0 Å². The van der Waals surface area contributed by atoms with Crippen LogP contribution in [0.4, 0.5) is 0 Å². The predicted molar refractivity (Wildman–Crippen MR) is 205 cm³/mol. The van der Waals surface area contributed by atoms with E-state index < -0.39 is 8.15 Å². The standard InChI is InChI=1S/C43H65O2P/c1-28-21-29(23-30(22-28)39(2,3)4)19-18-20-46(17)45-38-34(25-32(41(8,9)10)27-36(38)43(14,15)16)33-24-31(40(5,6)7)26-35(37(33)44)42(11,12)13/h21-27,44H,18-20H2,1-17H3. The largest absolute Gasteiger partial charge is 0.507 e. The van der Waals surface area contributed by atoms with Gasteiger partial charge in [-0.1, -0.05) is 140 Å². The van der Waals surface area contributed by atoms with Crippen LogP contribution in [0.2, 0.25) is 0 Å². The molecule has 254 valence electrons. The smallest absolute Gasteiger partial charge is 0.134 e. The Morgan fingerprint density at radius 1 is 0.565 bits per heavy atom. The van der Waals surface area contributed by atoms with Crippen LogP contribution < -0.4 is 4.52 Å². The summed E-state index contributed by atoms with van der Waals surface area (Å²) in [6.45, 7) is 38.3. The second-order valence-electron chi connectivity index (χ2n) is 18.8. The molecule has 0 amide bonds. The molecule has 1 atom stereocenters. The van der Waals surface area contributed by atoms with Gasteiger partial charge in [-0.25, -0.2) is 0 Å². The maximum Gasteiger partial charge on any atom is 0.134 e. The lowest BCUT2D eigenvalue weighted by Gasteiger charge is -2.32. The van der Waals surface area contributed by atoms with Crippen molar-refractivity contribution in [1.82, 2.24) is 0 Å². The van der Waals surface area contributed by atoms with E-state index >= 15 is 0 Å². The number of rotatable bonds is 7. The maximum absolute atomic E-state index is 12.0. The average molecular weight is 645 g/mol. The molecule has 0 aliphatic rings. The number of aryl methyl sites for hydroxylation is 2. The van der Waals surface area contributed by atoms with Crippen molar-refractivity contribution in [1.29, 1.82) is 0 Å². The van der Waals surface area contributed by atoms with Crippen LogP contribution in [0.3, 0.4) is 0 Å². The first-order valence-corrected chi connectivity index (χ1v) is 19.2. The molecule has 1 N–H and O–H groups in total. The van der Waals surface area contributed by atoms with E-state index in [4.69, 9.17) is 4.52 Å². The Morgan fingerprint density at radius 3 is 1.50 bits per heavy atom. The fourth-order valence-electron chi connectivity index (χ4n) is 5.91. The summed E-state index contributed by atoms with van der Waals surface area (Å²) in [6, 6.07) is 16.1. The van der Waals surface area contributed by atoms with E-state index in [1.54, 1.807) is 0 Å². The Kier molecular flexibility index (Phi) is 11.0. The van der Waals surface area contributed by atoms with Crippen molar-refractivity contribution in [3.05, 3.63) is 81.4 Å². The highest BCUT2D eigenvalue weighted by Gasteiger charge is 2.31. The Bertz CT molecular complexity index is 1530. The zero-order valence-corrected chi connectivity index (χ0v) is 33.4. The van der Waals surface area contributed by atoms with E-state index in [1.807, 2.05) is 0 Å². The average Bonchev–Trinajstić information content (AvgIpc) is 2.85. The number of hydrogen-bond acceptors (Lipinski definition) is 2. The van der Waals surface area contributed by atoms with Crippen LogP contribution in [0.15, 0.2) is 42.5 Å². The molecule has 3 aromatic carbocycles. The summed E-state index contributed by atoms with van der Waals surface area (Å²) in [5, 5.41) is 12.0. The van der Waals surface area contributed by atoms with Crippen LogP contribution in [-0.2, 0) is 33.5 Å². The summed E-state index contributed by atoms with van der Waals surface area (Å²) in [4.78, 5) is 0. The topological polar surface area (TPSA) is 29.5 Å². The van der Waals surface area contributed by atoms with Crippen molar-refractivity contribution in [3.63, 3.8) is 0 Å². The van der Waals surface area contributed by atoms with Gasteiger partial charge in [0.1, 0.15) is 11.5 Å². The van der Waals surface area contributed by atoms with E-state index in [9.17, 15) is 5.11 Å². The van der Waals surface area contributed by atoms with Crippen molar-refractivity contribution in [2.45, 2.75) is 151 Å². The zero-order valence-electron chi connectivity index (χ0n) is 32.5. The van der Waals surface area contributed by atoms with Gasteiger partial charge in [-0.2, -0.15) is 0 Å². The summed E-state index contributed by atoms with van der Waals surface area (Å²) in [7, 11) is -0.750. The molecule has 0 aliphatic carbocycles. The maximum atomic E-state index is 12.0. The van der Waals surface area contributed by atoms with Gasteiger partial charge in [0.2, 0.25) is 0 Å². The van der Waals surface area contributed by atoms with Gasteiger partial charge in [0.25, 0.3) is 0 Å². The zero-order chi connectivity index (χ0) is 35.2. The lowest BCUT2D eigenvalue weighted by atomic mass is 9.75. The Morgan fingerprint density at radius 2 is 1.02 bits per heavy atom. The third-order valence-electron chi connectivity index (χ3n) is 9.03. The monoisotopic (exact) mass is 644 g/mol. The molecule has 3 rings (SSSR count). The highest BCUT2D eigenvalue weighted by Crippen LogP contribution is 2.51. The molecule has 0 saturated carbocycles. The minimum atomic E-state index is -0.750. The van der Waals surface area contributed by atoms with Gasteiger partial charge in [-0.15, -0.1) is 0 Å². The molecule has 3 aromatic rings. The van der Waals surface area contributed by atoms with E-state index in [1.165, 1.54) is 33.4 Å². The van der Waals surface area contributed by atoms with Crippen molar-refractivity contribution in [2.75, 3.05) is 12.8 Å². The summed E-state index contributed by atoms with van der Waals surface area (Å²) >= 11 is 0. The van der Waals surface area contributed by atoms with Gasteiger partial charge >= 0.3 is 0 Å². The van der Waals surface area contributed by atoms with Crippen LogP contribution in [0.25, 0.3) is 11.1 Å². The first kappa shape index (κ1) is 38.1. The molecule has 0 saturated heterocycles. The van der Waals surface area contributed by atoms with Crippen molar-refractivity contribution >= 4 is 8.15 Å². The van der Waals surface area contributed by atoms with E-state index in [0.717, 1.165) is 41.4 Å². The molecule has 1 unspecified atom stereocenters. The van der Waals surface area contributed by atoms with E-state index in [-0.39, 0.29) is 27.1 Å². The van der Waals surface area contributed by atoms with Crippen molar-refractivity contribution in [3.8, 4) is 22.6 Å². The van der Waals surface area contributed by atoms with Crippen LogP contribution in [-0.4, -0.2) is 17.9 Å². The number of hydrogen-bond donors (Lipinski definition) is 1. The first-order chi connectivity index (χ1) is 20.7. The third-order valence-corrected chi connectivity index (χ3v) is 10.5. The second kappa shape index (κ2) is 13.3. The molecule has 0 aliphatic heterocycles. The molecule has 0 bridgehead atoms. The van der Waals surface area contributed by atoms with Crippen molar-refractivity contribution < 1.29 is 9.63 Å². The highest BCUT2D eigenvalue weighted by atomic mass is 31.1. The normalized spacial score (nSPS) is 14.0. The summed E-state index contributed by atoms with van der Waals surface area (Å²) in [5.41, 5.74) is 10.4. The molecular weight excluding hydrogens is 579 g/mol. The van der Waals surface area contributed by atoms with E-state index in [2.05, 4.69) is 160 Å². The SMILES string of the molecule is Cc1cc(CCCP(C)Oc2c(-c3cc(C(C)(C)C)cc(C(C)(C)C)c3O)cc(C(C)(C)C)cc2C(C)(C)C)cc(C(C)(C)C)c1. The highest BCUT2D eigenvalue weighted by molar-refractivity contribution is 7.52. The first-order valence-electron chi connectivity index (χ1n) is 17.3. The number of aromatic hydroxyl groups is 1. The summed E-state index contributed by atoms with van der Waals surface area (Å²) < 4.78 is 7.12. The molecule has 0 heterocycles. The molecule has 2 nitrogen and oxygen atoms in total. The summed E-state index contributed by atoms with van der Waals surface area (Å²) in [6.07, 6.45) is 3.14. The lowest BCUT2D eigenvalue weighted by molar-refractivity contribution is 0.446. The van der Waals surface area contributed by atoms with Gasteiger partial charge < -0.3 is 9.63 Å². The number of benzene rings is 3. The van der Waals surface area contributed by atoms with Crippen LogP contribution in [0.1, 0.15) is 149 Å². The minimum absolute atomic E-state index is 0.0614. The van der Waals surface area contributed by atoms with Gasteiger partial charge in [-0.3, -0.25) is 0 Å². The third kappa shape index (κ3) is 9.40. The van der Waals surface area contributed by atoms with E-state index in [0.29, 0.717) is 5.75 Å². The Balaban J connectivity index is 2.16. The number of phenols is 1. The van der Waals surface area contributed by atoms with Crippen LogP contribution in [0, 0.1) is 6.92 Å². The fraction of sp³-hybridized carbons (Fsp3) is 0.581. The molecule has 0 aromatic heterocycles. The molecule has 0 spiro atoms. The fourth-order valence-corrected chi connectivity index (χ4v) is 7.11. The molecular formula is C43H65O2P. The Labute approximate surface area is 284 Å². The van der Waals surface area contributed by atoms with Crippen LogP contribution >= 0.6 is 8.15 Å². The number of phenolic OH excluding ortho intramolecular Hbond substituents is 1. The molecule has 46 heavy (non-hydrogen) atoms. The molecule has 0 radical (unpaired) electrons. The van der Waals surface area contributed by atoms with Gasteiger partial charge in [0, 0.05) is 28.4 Å². The summed E-state index contributed by atoms with van der Waals surface area (Å²) in [5.74, 6) is 1.30. The lowest BCUT2D eigenvalue weighted by Crippen LogP contribution is -2.19. The minimum Gasteiger partial charge on any atom is -0.507 e. The Hall–Kier alpha value is -2.31. The van der Waals surface area contributed by atoms with Gasteiger partial charge in [0.05, 0.1) is 8.15 Å². The quantitative estimate of drug-likeness (QED) is 0.259.